The van der Waals surface area contributed by atoms with E-state index in [2.05, 4.69) is 29.0 Å². The first-order valence-electron chi connectivity index (χ1n) is 10.6. The van der Waals surface area contributed by atoms with Gasteiger partial charge in [-0.05, 0) is 62.8 Å². The van der Waals surface area contributed by atoms with Gasteiger partial charge in [0.2, 0.25) is 5.91 Å². The van der Waals surface area contributed by atoms with Crippen LogP contribution in [0, 0.1) is 20.8 Å². The first-order valence-corrected chi connectivity index (χ1v) is 10.6. The quantitative estimate of drug-likeness (QED) is 0.633. The summed E-state index contributed by atoms with van der Waals surface area (Å²) in [6.07, 6.45) is 9.03. The Kier molecular flexibility index (Phi) is 5.88. The Morgan fingerprint density at radius 3 is 2.60 bits per heavy atom. The van der Waals surface area contributed by atoms with E-state index in [9.17, 15) is 4.79 Å². The maximum atomic E-state index is 13.3. The fourth-order valence-corrected chi connectivity index (χ4v) is 4.22. The van der Waals surface area contributed by atoms with Crippen LogP contribution in [0.15, 0.2) is 48.9 Å². The number of amides is 1. The summed E-state index contributed by atoms with van der Waals surface area (Å²) >= 11 is 0. The lowest BCUT2D eigenvalue weighted by molar-refractivity contribution is -0.134. The van der Waals surface area contributed by atoms with Crippen molar-refractivity contribution < 1.29 is 4.79 Å². The van der Waals surface area contributed by atoms with E-state index in [0.29, 0.717) is 6.42 Å². The van der Waals surface area contributed by atoms with Gasteiger partial charge >= 0.3 is 0 Å². The number of likely N-dealkylation sites (tertiary alicyclic amines) is 1. The van der Waals surface area contributed by atoms with Crippen molar-refractivity contribution in [2.24, 2.45) is 0 Å². The Morgan fingerprint density at radius 1 is 1.03 bits per heavy atom. The largest absolute Gasteiger partial charge is 0.334 e. The molecule has 1 aromatic carbocycles. The van der Waals surface area contributed by atoms with E-state index >= 15 is 0 Å². The molecule has 0 bridgehead atoms. The van der Waals surface area contributed by atoms with Crippen LogP contribution in [-0.4, -0.2) is 32.3 Å². The average Bonchev–Trinajstić information content (AvgIpc) is 2.76. The van der Waals surface area contributed by atoms with E-state index < -0.39 is 0 Å². The van der Waals surface area contributed by atoms with Gasteiger partial charge in [0.05, 0.1) is 18.2 Å². The molecule has 30 heavy (non-hydrogen) atoms. The van der Waals surface area contributed by atoms with Crippen LogP contribution in [0.2, 0.25) is 0 Å². The molecule has 3 aromatic rings. The predicted molar refractivity (Wildman–Crippen MR) is 118 cm³/mol. The first kappa shape index (κ1) is 20.2. The number of hydrogen-bond donors (Lipinski definition) is 0. The number of carbonyl (C=O) groups excluding carboxylic acids is 1. The maximum Gasteiger partial charge on any atom is 0.227 e. The highest BCUT2D eigenvalue weighted by atomic mass is 16.2. The lowest BCUT2D eigenvalue weighted by Gasteiger charge is -2.36. The van der Waals surface area contributed by atoms with E-state index in [1.807, 2.05) is 49.3 Å². The van der Waals surface area contributed by atoms with Gasteiger partial charge in [0.15, 0.2) is 0 Å². The van der Waals surface area contributed by atoms with Crippen LogP contribution in [0.4, 0.5) is 0 Å². The van der Waals surface area contributed by atoms with Crippen LogP contribution in [0.1, 0.15) is 53.5 Å². The number of benzene rings is 1. The van der Waals surface area contributed by atoms with Crippen molar-refractivity contribution in [1.29, 1.82) is 0 Å². The van der Waals surface area contributed by atoms with Gasteiger partial charge in [0.25, 0.3) is 0 Å². The summed E-state index contributed by atoms with van der Waals surface area (Å²) in [5.41, 5.74) is 6.38. The van der Waals surface area contributed by atoms with Crippen molar-refractivity contribution in [3.63, 3.8) is 0 Å². The van der Waals surface area contributed by atoms with Crippen LogP contribution in [0.5, 0.6) is 0 Å². The van der Waals surface area contributed by atoms with E-state index in [0.717, 1.165) is 59.6 Å². The Hall–Kier alpha value is -3.08. The zero-order chi connectivity index (χ0) is 21.1. The number of piperidine rings is 1. The summed E-state index contributed by atoms with van der Waals surface area (Å²) in [6.45, 7) is 6.79. The highest BCUT2D eigenvalue weighted by Crippen LogP contribution is 2.36. The Balaban J connectivity index is 1.69. The summed E-state index contributed by atoms with van der Waals surface area (Å²) < 4.78 is 0. The molecule has 5 heteroatoms. The monoisotopic (exact) mass is 400 g/mol. The number of carbonyl (C=O) groups is 1. The summed E-state index contributed by atoms with van der Waals surface area (Å²) in [5.74, 6) is 0.897. The van der Waals surface area contributed by atoms with E-state index in [1.54, 1.807) is 6.20 Å². The Labute approximate surface area is 178 Å². The molecule has 0 N–H and O–H groups in total. The zero-order valence-corrected chi connectivity index (χ0v) is 17.9. The molecule has 1 aliphatic rings. The molecule has 1 amide bonds. The van der Waals surface area contributed by atoms with Gasteiger partial charge in [-0.1, -0.05) is 29.8 Å². The zero-order valence-electron chi connectivity index (χ0n) is 17.9. The predicted octanol–water partition coefficient (Wildman–Crippen LogP) is 4.76. The number of pyridine rings is 1. The second kappa shape index (κ2) is 8.74. The van der Waals surface area contributed by atoms with Crippen molar-refractivity contribution >= 4 is 5.91 Å². The van der Waals surface area contributed by atoms with Crippen LogP contribution in [0.3, 0.4) is 0 Å². The minimum Gasteiger partial charge on any atom is -0.334 e. The van der Waals surface area contributed by atoms with Crippen molar-refractivity contribution in [2.45, 2.75) is 52.5 Å². The molecule has 4 rings (SSSR count). The van der Waals surface area contributed by atoms with Gasteiger partial charge in [-0.2, -0.15) is 0 Å². The van der Waals surface area contributed by atoms with Crippen molar-refractivity contribution in [3.8, 4) is 11.1 Å². The molecule has 1 fully saturated rings. The molecule has 5 nitrogen and oxygen atoms in total. The number of nitrogens with zero attached hydrogens (tertiary/aromatic N) is 4. The Morgan fingerprint density at radius 2 is 1.83 bits per heavy atom. The van der Waals surface area contributed by atoms with Gasteiger partial charge in [0, 0.05) is 30.7 Å². The van der Waals surface area contributed by atoms with Crippen LogP contribution in [0.25, 0.3) is 11.1 Å². The summed E-state index contributed by atoms with van der Waals surface area (Å²) in [6, 6.07) is 10.2. The molecule has 0 saturated carbocycles. The molecule has 3 heterocycles. The van der Waals surface area contributed by atoms with Gasteiger partial charge in [-0.15, -0.1) is 0 Å². The molecule has 0 radical (unpaired) electrons. The van der Waals surface area contributed by atoms with Crippen LogP contribution >= 0.6 is 0 Å². The molecule has 1 saturated heterocycles. The maximum absolute atomic E-state index is 13.3. The third-order valence-electron chi connectivity index (χ3n) is 5.86. The van der Waals surface area contributed by atoms with Gasteiger partial charge in [-0.25, -0.2) is 9.97 Å². The third-order valence-corrected chi connectivity index (χ3v) is 5.86. The van der Waals surface area contributed by atoms with Gasteiger partial charge < -0.3 is 4.90 Å². The number of aromatic nitrogens is 3. The highest BCUT2D eigenvalue weighted by Gasteiger charge is 2.31. The summed E-state index contributed by atoms with van der Waals surface area (Å²) in [5, 5.41) is 0. The fourth-order valence-electron chi connectivity index (χ4n) is 4.22. The number of aryl methyl sites for hydroxylation is 3. The van der Waals surface area contributed by atoms with Crippen molar-refractivity contribution in [2.75, 3.05) is 6.54 Å². The molecule has 1 atom stereocenters. The highest BCUT2D eigenvalue weighted by molar-refractivity contribution is 5.80. The van der Waals surface area contributed by atoms with Crippen molar-refractivity contribution in [1.82, 2.24) is 19.9 Å². The van der Waals surface area contributed by atoms with Gasteiger partial charge in [0.1, 0.15) is 5.82 Å². The third kappa shape index (κ3) is 4.25. The number of hydrogen-bond acceptors (Lipinski definition) is 4. The minimum atomic E-state index is -0.0269. The average molecular weight is 401 g/mol. The Bertz CT molecular complexity index is 1050. The van der Waals surface area contributed by atoms with Crippen LogP contribution in [-0.2, 0) is 11.2 Å². The summed E-state index contributed by atoms with van der Waals surface area (Å²) in [7, 11) is 0. The van der Waals surface area contributed by atoms with E-state index in [1.165, 1.54) is 5.56 Å². The first-order chi connectivity index (χ1) is 14.5. The molecule has 1 aliphatic heterocycles. The van der Waals surface area contributed by atoms with Crippen LogP contribution < -0.4 is 0 Å². The molecular weight excluding hydrogens is 372 g/mol. The second-order valence-corrected chi connectivity index (χ2v) is 8.17. The molecule has 0 aliphatic carbocycles. The minimum absolute atomic E-state index is 0.0269. The molecule has 154 valence electrons. The van der Waals surface area contributed by atoms with E-state index in [4.69, 9.17) is 4.98 Å². The standard InChI is InChI=1S/C25H28N4O/c1-17-7-9-20(10-8-17)14-24(30)29-13-5-4-6-23(29)25-22(16-27-19(3)28-25)21-11-12-26-15-18(21)2/h7-12,15-16,23H,4-6,13-14H2,1-3H3. The number of rotatable bonds is 4. The smallest absolute Gasteiger partial charge is 0.227 e. The normalized spacial score (nSPS) is 16.5. The van der Waals surface area contributed by atoms with Gasteiger partial charge in [-0.3, -0.25) is 9.78 Å². The molecule has 1 unspecified atom stereocenters. The van der Waals surface area contributed by atoms with Crippen molar-refractivity contribution in [3.05, 3.63) is 77.1 Å². The SMILES string of the molecule is Cc1ccc(CC(=O)N2CCCCC2c2nc(C)ncc2-c2ccncc2C)cc1. The van der Waals surface area contributed by atoms with E-state index in [-0.39, 0.29) is 11.9 Å². The lowest BCUT2D eigenvalue weighted by atomic mass is 9.92. The molecule has 0 spiro atoms. The lowest BCUT2D eigenvalue weighted by Crippen LogP contribution is -2.40. The summed E-state index contributed by atoms with van der Waals surface area (Å²) in [4.78, 5) is 28.9. The molecular formula is C25H28N4O. The topological polar surface area (TPSA) is 59.0 Å². The second-order valence-electron chi connectivity index (χ2n) is 8.17. The fraction of sp³-hybridized carbons (Fsp3) is 0.360. The molecule has 2 aromatic heterocycles.